The van der Waals surface area contributed by atoms with Crippen LogP contribution in [0.1, 0.15) is 68.0 Å². The summed E-state index contributed by atoms with van der Waals surface area (Å²) in [6.07, 6.45) is 7.21. The van der Waals surface area contributed by atoms with Gasteiger partial charge in [-0.15, -0.1) is 0 Å². The highest BCUT2D eigenvalue weighted by molar-refractivity contribution is 5.86. The molecule has 0 spiro atoms. The van der Waals surface area contributed by atoms with Crippen molar-refractivity contribution in [3.05, 3.63) is 46.6 Å². The van der Waals surface area contributed by atoms with Crippen LogP contribution in [0.2, 0.25) is 0 Å². The molecule has 4 rings (SSSR count). The summed E-state index contributed by atoms with van der Waals surface area (Å²) in [5.74, 6) is 0.788. The highest BCUT2D eigenvalue weighted by Gasteiger charge is 2.30. The number of nitrogens with zero attached hydrogens (tertiary/aromatic N) is 5. The molecule has 2 unspecified atom stereocenters. The number of likely N-dealkylation sites (tertiary alicyclic amines) is 1. The second-order valence-electron chi connectivity index (χ2n) is 8.79. The molecule has 1 aromatic carbocycles. The Morgan fingerprint density at radius 3 is 2.50 bits per heavy atom. The number of aldehydes is 1. The minimum absolute atomic E-state index is 0.174. The van der Waals surface area contributed by atoms with Crippen LogP contribution in [0.5, 0.6) is 0 Å². The Bertz CT molecular complexity index is 954. The molecular weight excluding hydrogens is 402 g/mol. The van der Waals surface area contributed by atoms with Crippen molar-refractivity contribution < 1.29 is 4.79 Å². The molecule has 2 aromatic rings. The van der Waals surface area contributed by atoms with Crippen LogP contribution in [0.4, 0.5) is 11.8 Å². The van der Waals surface area contributed by atoms with E-state index >= 15 is 0 Å². The molecular formula is C24H33N7O. The number of nitrogens with two attached hydrogens (primary N) is 1. The first-order chi connectivity index (χ1) is 15.6. The van der Waals surface area contributed by atoms with Crippen LogP contribution in [-0.4, -0.2) is 51.5 Å². The number of carbonyl (C=O) groups excluding carboxylic acids is 1. The Hall–Kier alpha value is -3.00. The molecule has 0 amide bonds. The van der Waals surface area contributed by atoms with E-state index in [1.165, 1.54) is 31.5 Å². The van der Waals surface area contributed by atoms with Crippen molar-refractivity contribution in [2.45, 2.75) is 64.7 Å². The monoisotopic (exact) mass is 435 g/mol. The molecule has 0 bridgehead atoms. The molecule has 8 nitrogen and oxygen atoms in total. The maximum Gasteiger partial charge on any atom is 0.222 e. The van der Waals surface area contributed by atoms with Gasteiger partial charge >= 0.3 is 0 Å². The zero-order chi connectivity index (χ0) is 22.5. The zero-order valence-electron chi connectivity index (χ0n) is 19.0. The third-order valence-corrected chi connectivity index (χ3v) is 6.14. The van der Waals surface area contributed by atoms with Crippen molar-refractivity contribution in [1.29, 1.82) is 0 Å². The zero-order valence-corrected chi connectivity index (χ0v) is 19.0. The molecule has 0 aliphatic carbocycles. The van der Waals surface area contributed by atoms with Gasteiger partial charge in [-0.1, -0.05) is 37.6 Å². The summed E-state index contributed by atoms with van der Waals surface area (Å²) in [4.78, 5) is 23.4. The molecule has 170 valence electrons. The second-order valence-corrected chi connectivity index (χ2v) is 8.79. The average Bonchev–Trinajstić information content (AvgIpc) is 3.28. The Morgan fingerprint density at radius 2 is 1.84 bits per heavy atom. The van der Waals surface area contributed by atoms with Crippen LogP contribution in [0.15, 0.2) is 29.4 Å². The summed E-state index contributed by atoms with van der Waals surface area (Å²) >= 11 is 0. The number of benzene rings is 1. The first kappa shape index (κ1) is 22.2. The normalized spacial score (nSPS) is 19.1. The SMILES string of the molecule is CCCC(C)Nc1nc(N)nc2c1C(C=O)N(Cc1ccc(CN3CCCC3)cc1)N=C2. The number of nitrogen functional groups attached to an aromatic ring is 1. The fraction of sp³-hybridized carbons (Fsp3) is 0.500. The Morgan fingerprint density at radius 1 is 1.16 bits per heavy atom. The number of hydrogen-bond acceptors (Lipinski definition) is 8. The fourth-order valence-electron chi connectivity index (χ4n) is 4.51. The minimum atomic E-state index is -0.573. The van der Waals surface area contributed by atoms with Crippen LogP contribution in [0.25, 0.3) is 0 Å². The quantitative estimate of drug-likeness (QED) is 0.583. The predicted molar refractivity (Wildman–Crippen MR) is 127 cm³/mol. The van der Waals surface area contributed by atoms with E-state index in [2.05, 4.69) is 63.4 Å². The number of aromatic nitrogens is 2. The number of carbonyl (C=O) groups is 1. The summed E-state index contributed by atoms with van der Waals surface area (Å²) in [6, 6.07) is 8.24. The maximum absolute atomic E-state index is 12.2. The Balaban J connectivity index is 1.52. The first-order valence-corrected chi connectivity index (χ1v) is 11.6. The Labute approximate surface area is 189 Å². The molecule has 0 saturated carbocycles. The van der Waals surface area contributed by atoms with Crippen molar-refractivity contribution in [1.82, 2.24) is 19.9 Å². The van der Waals surface area contributed by atoms with Crippen molar-refractivity contribution in [3.8, 4) is 0 Å². The molecule has 2 aliphatic rings. The second kappa shape index (κ2) is 10.1. The molecule has 2 atom stereocenters. The maximum atomic E-state index is 12.2. The van der Waals surface area contributed by atoms with Crippen LogP contribution < -0.4 is 11.1 Å². The summed E-state index contributed by atoms with van der Waals surface area (Å²) in [5.41, 5.74) is 9.67. The van der Waals surface area contributed by atoms with Crippen LogP contribution in [0.3, 0.4) is 0 Å². The van der Waals surface area contributed by atoms with Crippen molar-refractivity contribution in [3.63, 3.8) is 0 Å². The summed E-state index contributed by atoms with van der Waals surface area (Å²) < 4.78 is 0. The van der Waals surface area contributed by atoms with Gasteiger partial charge in [0, 0.05) is 12.6 Å². The van der Waals surface area contributed by atoms with E-state index in [9.17, 15) is 4.79 Å². The number of nitrogens with one attached hydrogen (secondary N) is 1. The molecule has 32 heavy (non-hydrogen) atoms. The topological polar surface area (TPSA) is 99.7 Å². The van der Waals surface area contributed by atoms with Gasteiger partial charge < -0.3 is 15.8 Å². The molecule has 1 aromatic heterocycles. The van der Waals surface area contributed by atoms with Gasteiger partial charge in [0.1, 0.15) is 18.1 Å². The highest BCUT2D eigenvalue weighted by Crippen LogP contribution is 2.32. The van der Waals surface area contributed by atoms with Crippen molar-refractivity contribution >= 4 is 24.3 Å². The summed E-state index contributed by atoms with van der Waals surface area (Å²) in [5, 5.41) is 9.73. The largest absolute Gasteiger partial charge is 0.368 e. The molecule has 0 radical (unpaired) electrons. The van der Waals surface area contributed by atoms with Crippen LogP contribution >= 0.6 is 0 Å². The predicted octanol–water partition coefficient (Wildman–Crippen LogP) is 3.34. The number of rotatable bonds is 9. The number of hydrazone groups is 1. The van der Waals surface area contributed by atoms with Crippen LogP contribution in [0, 0.1) is 0 Å². The lowest BCUT2D eigenvalue weighted by molar-refractivity contribution is -0.112. The number of fused-ring (bicyclic) bond motifs is 1. The van der Waals surface area contributed by atoms with E-state index in [4.69, 9.17) is 5.73 Å². The third kappa shape index (κ3) is 5.07. The molecule has 8 heteroatoms. The van der Waals surface area contributed by atoms with Crippen molar-refractivity contribution in [2.75, 3.05) is 24.1 Å². The smallest absolute Gasteiger partial charge is 0.222 e. The average molecular weight is 436 g/mol. The molecule has 2 aliphatic heterocycles. The van der Waals surface area contributed by atoms with E-state index in [0.29, 0.717) is 18.1 Å². The standard InChI is InChI=1S/C24H33N7O/c1-3-6-17(2)27-23-22-20(28-24(25)29-23)13-26-31(21(22)16-32)15-19-9-7-18(8-10-19)14-30-11-4-5-12-30/h7-10,13,16-17,21H,3-6,11-12,14-15H2,1-2H3,(H3,25,27,28,29). The minimum Gasteiger partial charge on any atom is -0.368 e. The third-order valence-electron chi connectivity index (χ3n) is 6.14. The van der Waals surface area contributed by atoms with Gasteiger partial charge in [-0.05, 0) is 50.4 Å². The first-order valence-electron chi connectivity index (χ1n) is 11.6. The molecule has 3 N–H and O–H groups in total. The lowest BCUT2D eigenvalue weighted by atomic mass is 10.0. The van der Waals surface area contributed by atoms with Gasteiger partial charge in [-0.3, -0.25) is 9.91 Å². The van der Waals surface area contributed by atoms with Crippen LogP contribution in [-0.2, 0) is 17.9 Å². The number of hydrogen-bond donors (Lipinski definition) is 2. The fourth-order valence-corrected chi connectivity index (χ4v) is 4.51. The molecule has 1 saturated heterocycles. The lowest BCUT2D eigenvalue weighted by Gasteiger charge is -2.31. The van der Waals surface area contributed by atoms with Crippen molar-refractivity contribution in [2.24, 2.45) is 5.10 Å². The highest BCUT2D eigenvalue weighted by atomic mass is 16.1. The van der Waals surface area contributed by atoms with E-state index < -0.39 is 6.04 Å². The van der Waals surface area contributed by atoms with Gasteiger partial charge in [-0.2, -0.15) is 10.1 Å². The van der Waals surface area contributed by atoms with Gasteiger partial charge in [0.05, 0.1) is 24.0 Å². The summed E-state index contributed by atoms with van der Waals surface area (Å²) in [7, 11) is 0. The van der Waals surface area contributed by atoms with Gasteiger partial charge in [0.25, 0.3) is 0 Å². The van der Waals surface area contributed by atoms with Gasteiger partial charge in [-0.25, -0.2) is 4.98 Å². The lowest BCUT2D eigenvalue weighted by Crippen LogP contribution is -2.32. The van der Waals surface area contributed by atoms with E-state index in [0.717, 1.165) is 36.8 Å². The Kier molecular flexibility index (Phi) is 6.99. The van der Waals surface area contributed by atoms with Gasteiger partial charge in [0.2, 0.25) is 5.95 Å². The van der Waals surface area contributed by atoms with E-state index in [1.54, 1.807) is 11.2 Å². The van der Waals surface area contributed by atoms with Gasteiger partial charge in [0.15, 0.2) is 0 Å². The van der Waals surface area contributed by atoms with E-state index in [1.807, 2.05) is 0 Å². The summed E-state index contributed by atoms with van der Waals surface area (Å²) in [6.45, 7) is 8.13. The number of anilines is 2. The molecule has 3 heterocycles. The van der Waals surface area contributed by atoms with E-state index in [-0.39, 0.29) is 12.0 Å². The molecule has 1 fully saturated rings.